The first-order valence-electron chi connectivity index (χ1n) is 3.73. The highest BCUT2D eigenvalue weighted by molar-refractivity contribution is 5.36. The largest absolute Gasteiger partial charge is 0.496 e. The Morgan fingerprint density at radius 1 is 1.42 bits per heavy atom. The van der Waals surface area contributed by atoms with E-state index >= 15 is 0 Å². The van der Waals surface area contributed by atoms with Gasteiger partial charge in [-0.3, -0.25) is 4.84 Å². The van der Waals surface area contributed by atoms with Gasteiger partial charge in [-0.15, -0.1) is 0 Å². The lowest BCUT2D eigenvalue weighted by atomic mass is 10.1. The van der Waals surface area contributed by atoms with Crippen molar-refractivity contribution in [2.24, 2.45) is 5.90 Å². The zero-order chi connectivity index (χ0) is 8.97. The van der Waals surface area contributed by atoms with Gasteiger partial charge in [-0.2, -0.15) is 0 Å². The van der Waals surface area contributed by atoms with Crippen LogP contribution in [0.1, 0.15) is 11.1 Å². The van der Waals surface area contributed by atoms with E-state index in [0.29, 0.717) is 6.61 Å². The summed E-state index contributed by atoms with van der Waals surface area (Å²) in [6.45, 7) is 2.41. The van der Waals surface area contributed by atoms with Crippen molar-refractivity contribution in [2.45, 2.75) is 13.5 Å². The molecule has 12 heavy (non-hydrogen) atoms. The fourth-order valence-corrected chi connectivity index (χ4v) is 1.05. The number of nitrogens with two attached hydrogens (primary N) is 1. The van der Waals surface area contributed by atoms with Crippen molar-refractivity contribution in [1.29, 1.82) is 0 Å². The molecule has 1 aromatic rings. The standard InChI is InChI=1S/C9H13NO2/c1-7-3-4-8(6-12-10)5-9(7)11-2/h3-5H,6,10H2,1-2H3. The summed E-state index contributed by atoms with van der Waals surface area (Å²) < 4.78 is 5.14. The summed E-state index contributed by atoms with van der Waals surface area (Å²) in [7, 11) is 1.65. The molecule has 0 saturated carbocycles. The number of hydrogen-bond acceptors (Lipinski definition) is 3. The molecule has 0 aliphatic carbocycles. The Bertz CT molecular complexity index is 261. The van der Waals surface area contributed by atoms with Crippen LogP contribution in [0.2, 0.25) is 0 Å². The Morgan fingerprint density at radius 3 is 2.75 bits per heavy atom. The van der Waals surface area contributed by atoms with E-state index in [-0.39, 0.29) is 0 Å². The summed E-state index contributed by atoms with van der Waals surface area (Å²) in [6.07, 6.45) is 0. The minimum absolute atomic E-state index is 0.413. The number of ether oxygens (including phenoxy) is 1. The van der Waals surface area contributed by atoms with Crippen LogP contribution in [-0.4, -0.2) is 7.11 Å². The van der Waals surface area contributed by atoms with Gasteiger partial charge in [-0.05, 0) is 24.1 Å². The van der Waals surface area contributed by atoms with Crippen LogP contribution in [0.5, 0.6) is 5.75 Å². The molecule has 0 amide bonds. The van der Waals surface area contributed by atoms with Crippen molar-refractivity contribution in [3.05, 3.63) is 29.3 Å². The molecule has 3 heteroatoms. The molecule has 0 bridgehead atoms. The second-order valence-corrected chi connectivity index (χ2v) is 2.61. The lowest BCUT2D eigenvalue weighted by Crippen LogP contribution is -1.99. The quantitative estimate of drug-likeness (QED) is 0.692. The molecule has 0 aromatic heterocycles. The molecule has 0 aliphatic heterocycles. The first kappa shape index (κ1) is 9.03. The third kappa shape index (κ3) is 1.96. The maximum absolute atomic E-state index is 5.14. The van der Waals surface area contributed by atoms with Gasteiger partial charge in [0.25, 0.3) is 0 Å². The van der Waals surface area contributed by atoms with Crippen LogP contribution in [0, 0.1) is 6.92 Å². The first-order valence-corrected chi connectivity index (χ1v) is 3.73. The fourth-order valence-electron chi connectivity index (χ4n) is 1.05. The summed E-state index contributed by atoms with van der Waals surface area (Å²) in [5.41, 5.74) is 2.12. The van der Waals surface area contributed by atoms with Crippen LogP contribution in [0.15, 0.2) is 18.2 Å². The highest BCUT2D eigenvalue weighted by Gasteiger charge is 1.99. The third-order valence-corrected chi connectivity index (χ3v) is 1.72. The predicted octanol–water partition coefficient (Wildman–Crippen LogP) is 1.39. The second-order valence-electron chi connectivity index (χ2n) is 2.61. The van der Waals surface area contributed by atoms with Gasteiger partial charge in [0.1, 0.15) is 5.75 Å². The molecule has 0 aliphatic rings. The van der Waals surface area contributed by atoms with Crippen LogP contribution < -0.4 is 10.6 Å². The van der Waals surface area contributed by atoms with Gasteiger partial charge in [0.2, 0.25) is 0 Å². The monoisotopic (exact) mass is 167 g/mol. The van der Waals surface area contributed by atoms with E-state index in [4.69, 9.17) is 10.6 Å². The van der Waals surface area contributed by atoms with Crippen LogP contribution in [0.3, 0.4) is 0 Å². The topological polar surface area (TPSA) is 44.5 Å². The molecule has 2 N–H and O–H groups in total. The summed E-state index contributed by atoms with van der Waals surface area (Å²) >= 11 is 0. The average molecular weight is 167 g/mol. The number of benzene rings is 1. The molecule has 3 nitrogen and oxygen atoms in total. The van der Waals surface area contributed by atoms with E-state index in [0.717, 1.165) is 16.9 Å². The normalized spacial score (nSPS) is 9.92. The van der Waals surface area contributed by atoms with Crippen LogP contribution in [-0.2, 0) is 11.4 Å². The van der Waals surface area contributed by atoms with E-state index in [9.17, 15) is 0 Å². The summed E-state index contributed by atoms with van der Waals surface area (Å²) in [4.78, 5) is 4.51. The Labute approximate surface area is 72.0 Å². The highest BCUT2D eigenvalue weighted by Crippen LogP contribution is 2.18. The number of methoxy groups -OCH3 is 1. The lowest BCUT2D eigenvalue weighted by molar-refractivity contribution is 0.124. The molecule has 0 atom stereocenters. The summed E-state index contributed by atoms with van der Waals surface area (Å²) in [5.74, 6) is 5.81. The Morgan fingerprint density at radius 2 is 2.17 bits per heavy atom. The van der Waals surface area contributed by atoms with Crippen LogP contribution >= 0.6 is 0 Å². The van der Waals surface area contributed by atoms with E-state index < -0.39 is 0 Å². The average Bonchev–Trinajstić information content (AvgIpc) is 2.09. The lowest BCUT2D eigenvalue weighted by Gasteiger charge is -2.06. The minimum atomic E-state index is 0.413. The molecule has 0 unspecified atom stereocenters. The van der Waals surface area contributed by atoms with Gasteiger partial charge in [-0.25, -0.2) is 5.90 Å². The van der Waals surface area contributed by atoms with Gasteiger partial charge < -0.3 is 4.74 Å². The summed E-state index contributed by atoms with van der Waals surface area (Å²) in [6, 6.07) is 5.86. The predicted molar refractivity (Wildman–Crippen MR) is 46.7 cm³/mol. The number of aryl methyl sites for hydroxylation is 1. The SMILES string of the molecule is COc1cc(CON)ccc1C. The van der Waals surface area contributed by atoms with Crippen molar-refractivity contribution in [2.75, 3.05) is 7.11 Å². The van der Waals surface area contributed by atoms with E-state index in [1.165, 1.54) is 0 Å². The zero-order valence-electron chi connectivity index (χ0n) is 7.33. The Balaban J connectivity index is 2.89. The Kier molecular flexibility index (Phi) is 3.08. The summed E-state index contributed by atoms with van der Waals surface area (Å²) in [5, 5.41) is 0. The first-order chi connectivity index (χ1) is 5.77. The molecule has 66 valence electrons. The Hall–Kier alpha value is -1.06. The maximum Gasteiger partial charge on any atom is 0.122 e. The smallest absolute Gasteiger partial charge is 0.122 e. The van der Waals surface area contributed by atoms with Gasteiger partial charge in [0.15, 0.2) is 0 Å². The van der Waals surface area contributed by atoms with Gasteiger partial charge in [0, 0.05) is 0 Å². The van der Waals surface area contributed by atoms with Crippen molar-refractivity contribution in [3.63, 3.8) is 0 Å². The number of rotatable bonds is 3. The van der Waals surface area contributed by atoms with E-state index in [1.54, 1.807) is 7.11 Å². The zero-order valence-corrected chi connectivity index (χ0v) is 7.33. The van der Waals surface area contributed by atoms with Gasteiger partial charge >= 0.3 is 0 Å². The molecule has 0 fully saturated rings. The minimum Gasteiger partial charge on any atom is -0.496 e. The van der Waals surface area contributed by atoms with E-state index in [2.05, 4.69) is 4.84 Å². The maximum atomic E-state index is 5.14. The second kappa shape index (κ2) is 4.09. The van der Waals surface area contributed by atoms with Crippen molar-refractivity contribution < 1.29 is 9.57 Å². The van der Waals surface area contributed by atoms with Crippen LogP contribution in [0.4, 0.5) is 0 Å². The molecule has 1 rings (SSSR count). The molecule has 1 aromatic carbocycles. The van der Waals surface area contributed by atoms with Gasteiger partial charge in [0.05, 0.1) is 13.7 Å². The molecule has 0 spiro atoms. The highest BCUT2D eigenvalue weighted by atomic mass is 16.6. The molecule has 0 heterocycles. The molecular weight excluding hydrogens is 154 g/mol. The molecule has 0 radical (unpaired) electrons. The third-order valence-electron chi connectivity index (χ3n) is 1.72. The van der Waals surface area contributed by atoms with Crippen molar-refractivity contribution in [3.8, 4) is 5.75 Å². The van der Waals surface area contributed by atoms with Crippen molar-refractivity contribution >= 4 is 0 Å². The molecular formula is C9H13NO2. The number of hydrogen-bond donors (Lipinski definition) is 1. The fraction of sp³-hybridized carbons (Fsp3) is 0.333. The molecule has 0 saturated heterocycles. The van der Waals surface area contributed by atoms with Crippen molar-refractivity contribution in [1.82, 2.24) is 0 Å². The van der Waals surface area contributed by atoms with Gasteiger partial charge in [-0.1, -0.05) is 12.1 Å². The van der Waals surface area contributed by atoms with E-state index in [1.807, 2.05) is 25.1 Å². The van der Waals surface area contributed by atoms with Crippen LogP contribution in [0.25, 0.3) is 0 Å².